The highest BCUT2D eigenvalue weighted by Crippen LogP contribution is 2.28. The minimum Gasteiger partial charge on any atom is -0.476 e. The van der Waals surface area contributed by atoms with Crippen LogP contribution in [0.1, 0.15) is 40.3 Å². The summed E-state index contributed by atoms with van der Waals surface area (Å²) in [4.78, 5) is 23.9. The van der Waals surface area contributed by atoms with Crippen molar-refractivity contribution in [2.75, 3.05) is 5.32 Å². The lowest BCUT2D eigenvalue weighted by atomic mass is 10.0. The highest BCUT2D eigenvalue weighted by atomic mass is 35.5. The van der Waals surface area contributed by atoms with Crippen LogP contribution in [0, 0.1) is 18.3 Å². The predicted molar refractivity (Wildman–Crippen MR) is 97.2 cm³/mol. The zero-order chi connectivity index (χ0) is 18.8. The summed E-state index contributed by atoms with van der Waals surface area (Å²) in [5, 5.41) is 21.6. The van der Waals surface area contributed by atoms with E-state index in [9.17, 15) is 9.90 Å². The summed E-state index contributed by atoms with van der Waals surface area (Å²) in [6.45, 7) is 3.80. The Morgan fingerprint density at radius 3 is 2.81 bits per heavy atom. The van der Waals surface area contributed by atoms with Crippen molar-refractivity contribution in [2.24, 2.45) is 0 Å². The summed E-state index contributed by atoms with van der Waals surface area (Å²) in [5.41, 5.74) is 3.49. The van der Waals surface area contributed by atoms with Gasteiger partial charge in [0.1, 0.15) is 11.2 Å². The lowest BCUT2D eigenvalue weighted by Crippen LogP contribution is -2.13. The molecule has 0 radical (unpaired) electrons. The maximum absolute atomic E-state index is 11.4. The maximum atomic E-state index is 11.4. The molecule has 1 aromatic carbocycles. The average molecular weight is 368 g/mol. The van der Waals surface area contributed by atoms with Crippen LogP contribution in [0.3, 0.4) is 0 Å². The number of benzene rings is 1. The fraction of sp³-hybridized carbons (Fsp3) is 0.167. The second-order valence-electron chi connectivity index (χ2n) is 5.79. The van der Waals surface area contributed by atoms with Crippen LogP contribution in [-0.4, -0.2) is 26.0 Å². The number of nitriles is 1. The minimum absolute atomic E-state index is 0.108. The Labute approximate surface area is 154 Å². The lowest BCUT2D eigenvalue weighted by molar-refractivity contribution is 0.0691. The van der Waals surface area contributed by atoms with E-state index in [2.05, 4.69) is 20.3 Å². The first-order valence-corrected chi connectivity index (χ1v) is 8.10. The summed E-state index contributed by atoms with van der Waals surface area (Å²) >= 11 is 5.80. The van der Waals surface area contributed by atoms with Gasteiger partial charge in [0.15, 0.2) is 11.4 Å². The number of fused-ring (bicyclic) bond motifs is 1. The summed E-state index contributed by atoms with van der Waals surface area (Å²) < 4.78 is 0. The fourth-order valence-electron chi connectivity index (χ4n) is 2.71. The number of anilines is 1. The molecular weight excluding hydrogens is 354 g/mol. The van der Waals surface area contributed by atoms with E-state index in [-0.39, 0.29) is 22.6 Å². The first kappa shape index (κ1) is 17.6. The van der Waals surface area contributed by atoms with Crippen molar-refractivity contribution < 1.29 is 9.90 Å². The van der Waals surface area contributed by atoms with Crippen molar-refractivity contribution in [3.8, 4) is 6.07 Å². The smallest absolute Gasteiger partial charge is 0.356 e. The molecule has 0 unspecified atom stereocenters. The largest absolute Gasteiger partial charge is 0.476 e. The number of carbonyl (C=O) groups is 1. The number of carboxylic acid groups (broad SMARTS) is 1. The number of aromatic nitrogens is 3. The van der Waals surface area contributed by atoms with Crippen LogP contribution in [0.2, 0.25) is 5.15 Å². The molecule has 2 aromatic heterocycles. The highest BCUT2D eigenvalue weighted by Gasteiger charge is 2.18. The van der Waals surface area contributed by atoms with Crippen LogP contribution < -0.4 is 5.32 Å². The molecule has 8 heteroatoms. The van der Waals surface area contributed by atoms with E-state index in [0.717, 1.165) is 11.1 Å². The van der Waals surface area contributed by atoms with E-state index in [1.54, 1.807) is 6.07 Å². The fourth-order valence-corrected chi connectivity index (χ4v) is 2.85. The van der Waals surface area contributed by atoms with Crippen molar-refractivity contribution in [2.45, 2.75) is 19.9 Å². The Hall–Kier alpha value is -3.24. The molecular formula is C18H14ClN5O2. The van der Waals surface area contributed by atoms with Gasteiger partial charge in [0.05, 0.1) is 29.0 Å². The van der Waals surface area contributed by atoms with Crippen LogP contribution in [-0.2, 0) is 0 Å². The molecule has 0 aliphatic carbocycles. The summed E-state index contributed by atoms with van der Waals surface area (Å²) in [5.74, 6) is -1.17. The number of rotatable bonds is 4. The first-order chi connectivity index (χ1) is 12.4. The molecule has 130 valence electrons. The van der Waals surface area contributed by atoms with E-state index < -0.39 is 5.97 Å². The van der Waals surface area contributed by atoms with Gasteiger partial charge in [-0.05, 0) is 37.6 Å². The Morgan fingerprint density at radius 1 is 1.35 bits per heavy atom. The normalized spacial score (nSPS) is 11.8. The maximum Gasteiger partial charge on any atom is 0.356 e. The zero-order valence-corrected chi connectivity index (χ0v) is 14.7. The van der Waals surface area contributed by atoms with Gasteiger partial charge in [-0.25, -0.2) is 14.8 Å². The van der Waals surface area contributed by atoms with Gasteiger partial charge in [0.25, 0.3) is 0 Å². The topological polar surface area (TPSA) is 112 Å². The molecule has 2 N–H and O–H groups in total. The van der Waals surface area contributed by atoms with Crippen molar-refractivity contribution >= 4 is 34.3 Å². The number of nitrogens with one attached hydrogen (secondary N) is 1. The molecule has 0 saturated heterocycles. The molecule has 0 spiro atoms. The zero-order valence-electron chi connectivity index (χ0n) is 14.0. The number of aromatic carboxylic acids is 1. The van der Waals surface area contributed by atoms with Crippen molar-refractivity contribution in [1.29, 1.82) is 5.26 Å². The Kier molecular flexibility index (Phi) is 4.69. The van der Waals surface area contributed by atoms with Crippen molar-refractivity contribution in [3.63, 3.8) is 0 Å². The van der Waals surface area contributed by atoms with Gasteiger partial charge in [-0.3, -0.25) is 4.98 Å². The van der Waals surface area contributed by atoms with Crippen LogP contribution in [0.4, 0.5) is 5.69 Å². The molecule has 2 heterocycles. The molecule has 7 nitrogen and oxygen atoms in total. The molecule has 0 amide bonds. The molecule has 26 heavy (non-hydrogen) atoms. The molecule has 0 bridgehead atoms. The number of carboxylic acids is 1. The number of hydrogen-bond donors (Lipinski definition) is 2. The number of hydrogen-bond acceptors (Lipinski definition) is 6. The third kappa shape index (κ3) is 3.41. The molecule has 3 aromatic rings. The molecule has 3 rings (SSSR count). The van der Waals surface area contributed by atoms with Gasteiger partial charge in [-0.15, -0.1) is 0 Å². The number of halogens is 1. The second-order valence-corrected chi connectivity index (χ2v) is 6.18. The summed E-state index contributed by atoms with van der Waals surface area (Å²) in [6, 6.07) is 8.60. The van der Waals surface area contributed by atoms with Crippen LogP contribution in [0.5, 0.6) is 0 Å². The lowest BCUT2D eigenvalue weighted by Gasteiger charge is -2.19. The third-order valence-electron chi connectivity index (χ3n) is 3.84. The van der Waals surface area contributed by atoms with E-state index >= 15 is 0 Å². The summed E-state index contributed by atoms with van der Waals surface area (Å²) in [6.07, 6.45) is 1.42. The Bertz CT molecular complexity index is 1060. The standard InChI is InChI=1S/C18H14ClN5O2/c1-9-5-12(16-14(6-9)23-11(7-20)8-21-16)10(2)22-13-3-4-15(19)24-17(13)18(25)26/h3-6,8,10,22H,1-2H3,(H,25,26)/t10-/m1/s1. The van der Waals surface area contributed by atoms with Gasteiger partial charge in [-0.2, -0.15) is 5.26 Å². The van der Waals surface area contributed by atoms with Gasteiger partial charge < -0.3 is 10.4 Å². The SMILES string of the molecule is Cc1cc([C@@H](C)Nc2ccc(Cl)nc2C(=O)O)c2ncc(C#N)nc2c1. The van der Waals surface area contributed by atoms with E-state index in [1.807, 2.05) is 32.0 Å². The van der Waals surface area contributed by atoms with Crippen molar-refractivity contribution in [1.82, 2.24) is 15.0 Å². The molecule has 0 aliphatic heterocycles. The van der Waals surface area contributed by atoms with Crippen LogP contribution in [0.25, 0.3) is 11.0 Å². The molecule has 0 saturated carbocycles. The average Bonchev–Trinajstić information content (AvgIpc) is 2.61. The number of nitrogens with zero attached hydrogens (tertiary/aromatic N) is 4. The van der Waals surface area contributed by atoms with E-state index in [4.69, 9.17) is 16.9 Å². The quantitative estimate of drug-likeness (QED) is 0.675. The van der Waals surface area contributed by atoms with E-state index in [1.165, 1.54) is 12.3 Å². The number of aryl methyl sites for hydroxylation is 1. The van der Waals surface area contributed by atoms with Crippen LogP contribution >= 0.6 is 11.6 Å². The minimum atomic E-state index is -1.17. The van der Waals surface area contributed by atoms with Crippen LogP contribution in [0.15, 0.2) is 30.5 Å². The number of pyridine rings is 1. The molecule has 1 atom stereocenters. The van der Waals surface area contributed by atoms with Gasteiger partial charge in [-0.1, -0.05) is 17.7 Å². The first-order valence-electron chi connectivity index (χ1n) is 7.73. The third-order valence-corrected chi connectivity index (χ3v) is 4.05. The monoisotopic (exact) mass is 367 g/mol. The Morgan fingerprint density at radius 2 is 2.12 bits per heavy atom. The second kappa shape index (κ2) is 6.94. The Balaban J connectivity index is 2.05. The van der Waals surface area contributed by atoms with Gasteiger partial charge in [0.2, 0.25) is 0 Å². The molecule has 0 fully saturated rings. The van der Waals surface area contributed by atoms with Gasteiger partial charge >= 0.3 is 5.97 Å². The highest BCUT2D eigenvalue weighted by molar-refractivity contribution is 6.29. The van der Waals surface area contributed by atoms with Gasteiger partial charge in [0, 0.05) is 5.56 Å². The molecule has 0 aliphatic rings. The van der Waals surface area contributed by atoms with Crippen molar-refractivity contribution in [3.05, 3.63) is 58.1 Å². The predicted octanol–water partition coefficient (Wildman–Crippen LogP) is 3.73. The van der Waals surface area contributed by atoms with E-state index in [0.29, 0.717) is 16.7 Å². The summed E-state index contributed by atoms with van der Waals surface area (Å²) in [7, 11) is 0.